The second-order valence-electron chi connectivity index (χ2n) is 3.76. The van der Waals surface area contributed by atoms with E-state index >= 15 is 0 Å². The second-order valence-corrected chi connectivity index (χ2v) is 3.76. The van der Waals surface area contributed by atoms with Gasteiger partial charge in [-0.25, -0.2) is 0 Å². The number of hydrogen-bond donors (Lipinski definition) is 0. The van der Waals surface area contributed by atoms with Crippen LogP contribution in [0.5, 0.6) is 0 Å². The molecule has 0 spiro atoms. The van der Waals surface area contributed by atoms with E-state index in [1.54, 1.807) is 6.92 Å². The zero-order valence-electron chi connectivity index (χ0n) is 8.79. The molecule has 0 aromatic carbocycles. The summed E-state index contributed by atoms with van der Waals surface area (Å²) in [6, 6.07) is 0. The first kappa shape index (κ1) is 12.1. The quantitative estimate of drug-likeness (QED) is 0.616. The number of carbonyl (C=O) groups is 2. The third-order valence-corrected chi connectivity index (χ3v) is 1.52. The van der Waals surface area contributed by atoms with Gasteiger partial charge in [-0.05, 0) is 12.8 Å². The molecule has 0 radical (unpaired) electrons. The van der Waals surface area contributed by atoms with Gasteiger partial charge in [-0.15, -0.1) is 0 Å². The molecule has 3 nitrogen and oxygen atoms in total. The molecule has 3 heteroatoms. The number of carbonyl (C=O) groups excluding carboxylic acids is 2. The van der Waals surface area contributed by atoms with E-state index in [1.807, 2.05) is 13.8 Å². The SMILES string of the molecule is CC(=O)OC(C)CC(=O)CC(C)C. The van der Waals surface area contributed by atoms with Crippen LogP contribution in [0.4, 0.5) is 0 Å². The van der Waals surface area contributed by atoms with Gasteiger partial charge in [0.1, 0.15) is 11.9 Å². The molecule has 0 bridgehead atoms. The summed E-state index contributed by atoms with van der Waals surface area (Å²) in [5, 5.41) is 0. The highest BCUT2D eigenvalue weighted by Crippen LogP contribution is 2.06. The summed E-state index contributed by atoms with van der Waals surface area (Å²) in [5.74, 6) is 0.200. The van der Waals surface area contributed by atoms with Crippen molar-refractivity contribution in [2.75, 3.05) is 0 Å². The molecular weight excluding hydrogens is 168 g/mol. The molecule has 0 amide bonds. The van der Waals surface area contributed by atoms with Crippen LogP contribution < -0.4 is 0 Å². The average Bonchev–Trinajstić information content (AvgIpc) is 1.80. The molecule has 0 saturated heterocycles. The molecule has 13 heavy (non-hydrogen) atoms. The lowest BCUT2D eigenvalue weighted by Gasteiger charge is -2.11. The van der Waals surface area contributed by atoms with Crippen molar-refractivity contribution in [3.05, 3.63) is 0 Å². The Kier molecular flexibility index (Phi) is 5.35. The van der Waals surface area contributed by atoms with Crippen molar-refractivity contribution >= 4 is 11.8 Å². The van der Waals surface area contributed by atoms with Crippen molar-refractivity contribution < 1.29 is 14.3 Å². The van der Waals surface area contributed by atoms with Crippen LogP contribution in [0.25, 0.3) is 0 Å². The molecule has 0 fully saturated rings. The molecule has 1 atom stereocenters. The molecule has 0 saturated carbocycles. The Hall–Kier alpha value is -0.860. The van der Waals surface area contributed by atoms with E-state index in [9.17, 15) is 9.59 Å². The third kappa shape index (κ3) is 7.50. The normalized spacial score (nSPS) is 12.7. The number of rotatable bonds is 5. The van der Waals surface area contributed by atoms with Gasteiger partial charge < -0.3 is 4.74 Å². The summed E-state index contributed by atoms with van der Waals surface area (Å²) < 4.78 is 4.84. The maximum Gasteiger partial charge on any atom is 0.302 e. The Balaban J connectivity index is 3.71. The molecule has 0 N–H and O–H groups in total. The Bertz CT molecular complexity index is 185. The first-order chi connectivity index (χ1) is 5.91. The van der Waals surface area contributed by atoms with E-state index in [4.69, 9.17) is 4.74 Å². The molecule has 0 aromatic heterocycles. The number of hydrogen-bond acceptors (Lipinski definition) is 3. The Morgan fingerprint density at radius 3 is 2.08 bits per heavy atom. The minimum Gasteiger partial charge on any atom is -0.462 e. The summed E-state index contributed by atoms with van der Waals surface area (Å²) in [6.07, 6.45) is 0.604. The predicted molar refractivity (Wildman–Crippen MR) is 50.3 cm³/mol. The fraction of sp³-hybridized carbons (Fsp3) is 0.800. The first-order valence-corrected chi connectivity index (χ1v) is 4.60. The van der Waals surface area contributed by atoms with Crippen molar-refractivity contribution in [3.63, 3.8) is 0 Å². The maximum atomic E-state index is 11.3. The maximum absolute atomic E-state index is 11.3. The topological polar surface area (TPSA) is 43.4 Å². The van der Waals surface area contributed by atoms with E-state index in [1.165, 1.54) is 6.92 Å². The number of esters is 1. The molecule has 0 aliphatic heterocycles. The van der Waals surface area contributed by atoms with Gasteiger partial charge in [0.2, 0.25) is 0 Å². The lowest BCUT2D eigenvalue weighted by atomic mass is 10.0. The lowest BCUT2D eigenvalue weighted by molar-refractivity contribution is -0.146. The van der Waals surface area contributed by atoms with E-state index < -0.39 is 0 Å². The summed E-state index contributed by atoms with van der Waals surface area (Å²) in [4.78, 5) is 21.8. The summed E-state index contributed by atoms with van der Waals surface area (Å²) in [7, 11) is 0. The average molecular weight is 186 g/mol. The van der Waals surface area contributed by atoms with Gasteiger partial charge in [0.25, 0.3) is 0 Å². The molecule has 0 aliphatic rings. The number of ether oxygens (including phenoxy) is 1. The zero-order valence-corrected chi connectivity index (χ0v) is 8.79. The minimum absolute atomic E-state index is 0.156. The van der Waals surface area contributed by atoms with Crippen LogP contribution in [0.3, 0.4) is 0 Å². The molecule has 76 valence electrons. The van der Waals surface area contributed by atoms with Crippen molar-refractivity contribution in [2.24, 2.45) is 5.92 Å². The highest BCUT2D eigenvalue weighted by atomic mass is 16.5. The molecule has 0 rings (SSSR count). The van der Waals surface area contributed by atoms with Crippen LogP contribution in [-0.2, 0) is 14.3 Å². The van der Waals surface area contributed by atoms with Crippen LogP contribution in [0.15, 0.2) is 0 Å². The Labute approximate surface area is 79.5 Å². The van der Waals surface area contributed by atoms with Gasteiger partial charge in [-0.3, -0.25) is 9.59 Å². The molecule has 0 heterocycles. The van der Waals surface area contributed by atoms with Gasteiger partial charge in [-0.1, -0.05) is 13.8 Å². The molecule has 0 aliphatic carbocycles. The van der Waals surface area contributed by atoms with Crippen LogP contribution in [0.1, 0.15) is 40.5 Å². The van der Waals surface area contributed by atoms with E-state index in [0.29, 0.717) is 18.8 Å². The third-order valence-electron chi connectivity index (χ3n) is 1.52. The van der Waals surface area contributed by atoms with Crippen molar-refractivity contribution in [3.8, 4) is 0 Å². The molecule has 0 aromatic rings. The monoisotopic (exact) mass is 186 g/mol. The minimum atomic E-state index is -0.329. The van der Waals surface area contributed by atoms with E-state index in [2.05, 4.69) is 0 Å². The zero-order chi connectivity index (χ0) is 10.4. The molecule has 1 unspecified atom stereocenters. The predicted octanol–water partition coefficient (Wildman–Crippen LogP) is 1.94. The highest BCUT2D eigenvalue weighted by Gasteiger charge is 2.12. The number of Topliss-reactive ketones (excluding diaryl/α,β-unsaturated/α-hetero) is 1. The largest absolute Gasteiger partial charge is 0.462 e. The van der Waals surface area contributed by atoms with Crippen molar-refractivity contribution in [1.82, 2.24) is 0 Å². The fourth-order valence-corrected chi connectivity index (χ4v) is 1.18. The van der Waals surface area contributed by atoms with Gasteiger partial charge in [0, 0.05) is 19.8 Å². The Morgan fingerprint density at radius 1 is 1.15 bits per heavy atom. The van der Waals surface area contributed by atoms with Crippen molar-refractivity contribution in [1.29, 1.82) is 0 Å². The second kappa shape index (κ2) is 5.73. The standard InChI is InChI=1S/C10H18O3/c1-7(2)5-10(12)6-8(3)13-9(4)11/h7-8H,5-6H2,1-4H3. The lowest BCUT2D eigenvalue weighted by Crippen LogP contribution is -2.17. The van der Waals surface area contributed by atoms with Crippen LogP contribution in [0.2, 0.25) is 0 Å². The summed E-state index contributed by atoms with van der Waals surface area (Å²) in [5.41, 5.74) is 0. The summed E-state index contributed by atoms with van der Waals surface area (Å²) in [6.45, 7) is 7.08. The smallest absolute Gasteiger partial charge is 0.302 e. The number of ketones is 1. The summed E-state index contributed by atoms with van der Waals surface area (Å²) >= 11 is 0. The van der Waals surface area contributed by atoms with Gasteiger partial charge in [-0.2, -0.15) is 0 Å². The van der Waals surface area contributed by atoms with Gasteiger partial charge >= 0.3 is 5.97 Å². The fourth-order valence-electron chi connectivity index (χ4n) is 1.18. The van der Waals surface area contributed by atoms with Gasteiger partial charge in [0.15, 0.2) is 0 Å². The van der Waals surface area contributed by atoms with Crippen LogP contribution in [0, 0.1) is 5.92 Å². The van der Waals surface area contributed by atoms with E-state index in [0.717, 1.165) is 0 Å². The van der Waals surface area contributed by atoms with Crippen LogP contribution >= 0.6 is 0 Å². The van der Waals surface area contributed by atoms with Crippen molar-refractivity contribution in [2.45, 2.75) is 46.6 Å². The first-order valence-electron chi connectivity index (χ1n) is 4.60. The van der Waals surface area contributed by atoms with E-state index in [-0.39, 0.29) is 17.9 Å². The van der Waals surface area contributed by atoms with Gasteiger partial charge in [0.05, 0.1) is 0 Å². The Morgan fingerprint density at radius 2 is 1.69 bits per heavy atom. The highest BCUT2D eigenvalue weighted by molar-refractivity contribution is 5.79. The molecular formula is C10H18O3. The van der Waals surface area contributed by atoms with Crippen LogP contribution in [-0.4, -0.2) is 17.9 Å².